The number of esters is 1. The van der Waals surface area contributed by atoms with Gasteiger partial charge in [0.2, 0.25) is 0 Å². The molecule has 25 heavy (non-hydrogen) atoms. The van der Waals surface area contributed by atoms with E-state index in [1.165, 1.54) is 13.2 Å². The monoisotopic (exact) mass is 348 g/mol. The Labute approximate surface area is 145 Å². The van der Waals surface area contributed by atoms with E-state index >= 15 is 0 Å². The number of phenolic OH excluding ortho intramolecular Hbond substituents is 1. The van der Waals surface area contributed by atoms with Gasteiger partial charge in [-0.3, -0.25) is 4.79 Å². The van der Waals surface area contributed by atoms with E-state index < -0.39 is 23.7 Å². The minimum atomic E-state index is -0.808. The molecule has 0 fully saturated rings. The Bertz CT molecular complexity index is 721. The van der Waals surface area contributed by atoms with Crippen LogP contribution in [0.3, 0.4) is 0 Å². The number of phenols is 1. The van der Waals surface area contributed by atoms with Crippen molar-refractivity contribution >= 4 is 17.8 Å². The lowest BCUT2D eigenvalue weighted by Crippen LogP contribution is -2.16. The summed E-state index contributed by atoms with van der Waals surface area (Å²) in [6.45, 7) is 1.59. The molecule has 1 aromatic rings. The molecule has 0 saturated carbocycles. The largest absolute Gasteiger partial charge is 0.507 e. The molecule has 2 rings (SSSR count). The van der Waals surface area contributed by atoms with Gasteiger partial charge in [-0.05, 0) is 37.5 Å². The van der Waals surface area contributed by atoms with Gasteiger partial charge < -0.3 is 14.6 Å². The van der Waals surface area contributed by atoms with Gasteiger partial charge in [0.1, 0.15) is 23.2 Å². The first kappa shape index (κ1) is 18.7. The smallest absolute Gasteiger partial charge is 0.342 e. The number of rotatable bonds is 1. The Balaban J connectivity index is 2.39. The van der Waals surface area contributed by atoms with Crippen LogP contribution in [0.1, 0.15) is 48.5 Å². The number of hydrogen-bond donors (Lipinski definition) is 1. The van der Waals surface area contributed by atoms with E-state index in [-0.39, 0.29) is 24.2 Å². The number of fused-ring (bicyclic) bond motifs is 1. The predicted molar refractivity (Wildman–Crippen MR) is 91.2 cm³/mol. The summed E-state index contributed by atoms with van der Waals surface area (Å²) < 4.78 is 24.1. The molecule has 1 unspecified atom stereocenters. The van der Waals surface area contributed by atoms with Crippen LogP contribution in [0.25, 0.3) is 6.08 Å². The number of halogens is 1. The Morgan fingerprint density at radius 2 is 2.08 bits per heavy atom. The number of methoxy groups -OCH3 is 1. The third kappa shape index (κ3) is 4.92. The quantitative estimate of drug-likeness (QED) is 0.778. The van der Waals surface area contributed by atoms with E-state index in [0.29, 0.717) is 24.2 Å². The van der Waals surface area contributed by atoms with Crippen LogP contribution in [-0.2, 0) is 9.53 Å². The minimum Gasteiger partial charge on any atom is -0.507 e. The summed E-state index contributed by atoms with van der Waals surface area (Å²) in [6.07, 6.45) is 5.11. The fourth-order valence-corrected chi connectivity index (χ4v) is 2.48. The van der Waals surface area contributed by atoms with Crippen LogP contribution in [0, 0.1) is 0 Å². The number of carbonyl (C=O) groups excluding carboxylic acids is 2. The van der Waals surface area contributed by atoms with Gasteiger partial charge in [0.15, 0.2) is 11.6 Å². The van der Waals surface area contributed by atoms with E-state index in [1.807, 2.05) is 0 Å². The summed E-state index contributed by atoms with van der Waals surface area (Å²) in [5, 5.41) is 10.2. The number of hydrogen-bond acceptors (Lipinski definition) is 5. The first-order valence-corrected chi connectivity index (χ1v) is 8.09. The topological polar surface area (TPSA) is 72.8 Å². The molecule has 1 atom stereocenters. The third-order valence-electron chi connectivity index (χ3n) is 3.84. The highest BCUT2D eigenvalue weighted by atomic mass is 19.1. The number of benzene rings is 1. The Kier molecular flexibility index (Phi) is 6.33. The zero-order valence-electron chi connectivity index (χ0n) is 14.3. The van der Waals surface area contributed by atoms with Gasteiger partial charge in [-0.2, -0.15) is 0 Å². The highest BCUT2D eigenvalue weighted by molar-refractivity contribution is 5.97. The zero-order chi connectivity index (χ0) is 18.4. The molecule has 1 N–H and O–H groups in total. The van der Waals surface area contributed by atoms with Crippen molar-refractivity contribution in [1.82, 2.24) is 0 Å². The highest BCUT2D eigenvalue weighted by Gasteiger charge is 2.21. The van der Waals surface area contributed by atoms with Crippen molar-refractivity contribution in [3.63, 3.8) is 0 Å². The normalized spacial score (nSPS) is 22.8. The number of Topliss-reactive ketones (excluding diaryl/α,β-unsaturated/α-hetero) is 1. The Morgan fingerprint density at radius 1 is 1.32 bits per heavy atom. The van der Waals surface area contributed by atoms with Gasteiger partial charge in [-0.1, -0.05) is 12.2 Å². The fourth-order valence-electron chi connectivity index (χ4n) is 2.48. The number of cyclic esters (lactones) is 1. The second-order valence-electron chi connectivity index (χ2n) is 5.83. The van der Waals surface area contributed by atoms with E-state index in [2.05, 4.69) is 0 Å². The lowest BCUT2D eigenvalue weighted by Gasteiger charge is -2.15. The van der Waals surface area contributed by atoms with Crippen molar-refractivity contribution in [3.05, 3.63) is 41.2 Å². The van der Waals surface area contributed by atoms with Crippen molar-refractivity contribution < 1.29 is 28.6 Å². The summed E-state index contributed by atoms with van der Waals surface area (Å²) in [7, 11) is 1.46. The van der Waals surface area contributed by atoms with Crippen LogP contribution in [-0.4, -0.2) is 30.1 Å². The van der Waals surface area contributed by atoms with Crippen LogP contribution >= 0.6 is 0 Å². The van der Waals surface area contributed by atoms with Crippen LogP contribution in [0.15, 0.2) is 30.1 Å². The molecular formula is C19H21FO5. The Morgan fingerprint density at radius 3 is 2.80 bits per heavy atom. The molecule has 1 aromatic carbocycles. The van der Waals surface area contributed by atoms with Gasteiger partial charge in [-0.15, -0.1) is 0 Å². The van der Waals surface area contributed by atoms with Crippen LogP contribution in [0.2, 0.25) is 0 Å². The second kappa shape index (κ2) is 8.46. The van der Waals surface area contributed by atoms with Crippen LogP contribution in [0.5, 0.6) is 11.5 Å². The Hall–Kier alpha value is -2.63. The van der Waals surface area contributed by atoms with Gasteiger partial charge >= 0.3 is 5.97 Å². The summed E-state index contributed by atoms with van der Waals surface area (Å²) in [4.78, 5) is 24.1. The van der Waals surface area contributed by atoms with E-state index in [4.69, 9.17) is 9.47 Å². The van der Waals surface area contributed by atoms with Gasteiger partial charge in [0, 0.05) is 18.9 Å². The van der Waals surface area contributed by atoms with Crippen molar-refractivity contribution in [3.8, 4) is 11.5 Å². The molecule has 0 aliphatic carbocycles. The molecule has 0 amide bonds. The summed E-state index contributed by atoms with van der Waals surface area (Å²) in [5.41, 5.74) is 0.487. The standard InChI is InChI=1S/C19H21FO5/c1-12-8-9-15(20)16(21)7-5-3-4-6-13-10-14(24-2)11-17(22)18(13)19(23)25-12/h4,6,9-12,22H,3,5,7-8H2,1-2H3/b6-4+,15-9+. The van der Waals surface area contributed by atoms with Crippen molar-refractivity contribution in [2.24, 2.45) is 0 Å². The molecule has 1 aliphatic heterocycles. The molecule has 0 radical (unpaired) electrons. The molecule has 5 nitrogen and oxygen atoms in total. The van der Waals surface area contributed by atoms with Gasteiger partial charge in [0.25, 0.3) is 0 Å². The van der Waals surface area contributed by atoms with E-state index in [9.17, 15) is 19.1 Å². The molecule has 134 valence electrons. The number of carbonyl (C=O) groups is 2. The van der Waals surface area contributed by atoms with E-state index in [1.54, 1.807) is 25.1 Å². The molecule has 1 heterocycles. The SMILES string of the molecule is COc1cc(O)c2c(c1)/C=C/CCCC(=O)/C(F)=C\CC(C)OC2=O. The number of ketones is 1. The minimum absolute atomic E-state index is 0.0292. The maximum absolute atomic E-state index is 13.7. The number of ether oxygens (including phenoxy) is 2. The van der Waals surface area contributed by atoms with Crippen molar-refractivity contribution in [2.45, 2.75) is 38.7 Å². The molecular weight excluding hydrogens is 327 g/mol. The first-order valence-electron chi connectivity index (χ1n) is 8.09. The lowest BCUT2D eigenvalue weighted by atomic mass is 10.0. The highest BCUT2D eigenvalue weighted by Crippen LogP contribution is 2.30. The summed E-state index contributed by atoms with van der Waals surface area (Å²) in [6, 6.07) is 2.95. The maximum Gasteiger partial charge on any atom is 0.342 e. The predicted octanol–water partition coefficient (Wildman–Crippen LogP) is 3.96. The van der Waals surface area contributed by atoms with Crippen LogP contribution in [0.4, 0.5) is 4.39 Å². The molecule has 0 aromatic heterocycles. The average molecular weight is 348 g/mol. The molecule has 0 spiro atoms. The lowest BCUT2D eigenvalue weighted by molar-refractivity contribution is -0.117. The van der Waals surface area contributed by atoms with E-state index in [0.717, 1.165) is 6.08 Å². The van der Waals surface area contributed by atoms with Crippen molar-refractivity contribution in [1.29, 1.82) is 0 Å². The second-order valence-corrected chi connectivity index (χ2v) is 5.83. The maximum atomic E-state index is 13.7. The first-order chi connectivity index (χ1) is 11.9. The molecule has 0 bridgehead atoms. The average Bonchev–Trinajstić information content (AvgIpc) is 2.57. The van der Waals surface area contributed by atoms with Crippen molar-refractivity contribution in [2.75, 3.05) is 7.11 Å². The molecule has 1 aliphatic rings. The van der Waals surface area contributed by atoms with Gasteiger partial charge in [-0.25, -0.2) is 9.18 Å². The zero-order valence-corrected chi connectivity index (χ0v) is 14.3. The number of aromatic hydroxyl groups is 1. The third-order valence-corrected chi connectivity index (χ3v) is 3.84. The number of allylic oxidation sites excluding steroid dienone is 2. The summed E-state index contributed by atoms with van der Waals surface area (Å²) >= 11 is 0. The fraction of sp³-hybridized carbons (Fsp3) is 0.368. The van der Waals surface area contributed by atoms with Gasteiger partial charge in [0.05, 0.1) is 7.11 Å². The molecule has 6 heteroatoms. The van der Waals surface area contributed by atoms with Crippen LogP contribution < -0.4 is 4.74 Å². The summed E-state index contributed by atoms with van der Waals surface area (Å²) in [5.74, 6) is -1.92. The molecule has 0 saturated heterocycles.